The van der Waals surface area contributed by atoms with Crippen LogP contribution in [-0.2, 0) is 0 Å². The molecule has 0 nitrogen and oxygen atoms in total. The molecule has 0 saturated carbocycles. The standard InChI is InChI=1S/C12H26S/c1-7-8-9-10(2)12(6,13)11(3,4)5/h10,13H,7-9H2,1-6H3. The van der Waals surface area contributed by atoms with Crippen molar-refractivity contribution in [2.75, 3.05) is 0 Å². The molecule has 0 aromatic heterocycles. The average Bonchev–Trinajstić information content (AvgIpc) is 1.97. The van der Waals surface area contributed by atoms with Gasteiger partial charge in [-0.3, -0.25) is 0 Å². The molecule has 0 aromatic rings. The molecule has 0 aliphatic carbocycles. The lowest BCUT2D eigenvalue weighted by Crippen LogP contribution is -2.40. The van der Waals surface area contributed by atoms with Gasteiger partial charge < -0.3 is 0 Å². The summed E-state index contributed by atoms with van der Waals surface area (Å²) < 4.78 is 0.141. The largest absolute Gasteiger partial charge is 0.172 e. The van der Waals surface area contributed by atoms with Crippen molar-refractivity contribution in [1.82, 2.24) is 0 Å². The van der Waals surface area contributed by atoms with Crippen molar-refractivity contribution >= 4 is 12.6 Å². The molecule has 0 bridgehead atoms. The highest BCUT2D eigenvalue weighted by Gasteiger charge is 2.38. The van der Waals surface area contributed by atoms with Gasteiger partial charge in [0, 0.05) is 4.75 Å². The van der Waals surface area contributed by atoms with Crippen LogP contribution in [0.25, 0.3) is 0 Å². The third-order valence-corrected chi connectivity index (χ3v) is 4.58. The Kier molecular flexibility index (Phi) is 4.85. The summed E-state index contributed by atoms with van der Waals surface area (Å²) in [7, 11) is 0. The highest BCUT2D eigenvalue weighted by Crippen LogP contribution is 2.43. The van der Waals surface area contributed by atoms with Crippen molar-refractivity contribution in [2.45, 2.75) is 65.6 Å². The Morgan fingerprint density at radius 1 is 1.15 bits per heavy atom. The van der Waals surface area contributed by atoms with Crippen LogP contribution < -0.4 is 0 Å². The molecule has 0 radical (unpaired) electrons. The smallest absolute Gasteiger partial charge is 0.0175 e. The maximum absolute atomic E-state index is 4.83. The molecule has 13 heavy (non-hydrogen) atoms. The van der Waals surface area contributed by atoms with Crippen molar-refractivity contribution < 1.29 is 0 Å². The van der Waals surface area contributed by atoms with Crippen LogP contribution in [0.4, 0.5) is 0 Å². The van der Waals surface area contributed by atoms with Crippen molar-refractivity contribution in [2.24, 2.45) is 11.3 Å². The van der Waals surface area contributed by atoms with Crippen LogP contribution in [-0.4, -0.2) is 4.75 Å². The van der Waals surface area contributed by atoms with Gasteiger partial charge in [-0.1, -0.05) is 47.5 Å². The van der Waals surface area contributed by atoms with E-state index in [1.807, 2.05) is 0 Å². The quantitative estimate of drug-likeness (QED) is 0.635. The first kappa shape index (κ1) is 13.4. The molecule has 0 rings (SSSR count). The second kappa shape index (κ2) is 4.72. The van der Waals surface area contributed by atoms with Gasteiger partial charge in [0.1, 0.15) is 0 Å². The lowest BCUT2D eigenvalue weighted by molar-refractivity contribution is 0.218. The molecule has 2 unspecified atom stereocenters. The predicted octanol–water partition coefficient (Wildman–Crippen LogP) is 4.55. The normalized spacial score (nSPS) is 19.6. The second-order valence-electron chi connectivity index (χ2n) is 5.44. The van der Waals surface area contributed by atoms with Gasteiger partial charge in [0.2, 0.25) is 0 Å². The van der Waals surface area contributed by atoms with Gasteiger partial charge in [0.15, 0.2) is 0 Å². The monoisotopic (exact) mass is 202 g/mol. The van der Waals surface area contributed by atoms with Gasteiger partial charge in [-0.15, -0.1) is 0 Å². The van der Waals surface area contributed by atoms with Gasteiger partial charge in [-0.2, -0.15) is 12.6 Å². The van der Waals surface area contributed by atoms with E-state index in [1.165, 1.54) is 19.3 Å². The molecule has 0 aliphatic rings. The van der Waals surface area contributed by atoms with Crippen molar-refractivity contribution in [3.05, 3.63) is 0 Å². The van der Waals surface area contributed by atoms with E-state index < -0.39 is 0 Å². The van der Waals surface area contributed by atoms with Gasteiger partial charge >= 0.3 is 0 Å². The highest BCUT2D eigenvalue weighted by atomic mass is 32.1. The van der Waals surface area contributed by atoms with E-state index >= 15 is 0 Å². The zero-order valence-electron chi connectivity index (χ0n) is 10.1. The van der Waals surface area contributed by atoms with Gasteiger partial charge in [0.05, 0.1) is 0 Å². The van der Waals surface area contributed by atoms with Crippen LogP contribution >= 0.6 is 12.6 Å². The second-order valence-corrected chi connectivity index (χ2v) is 6.37. The zero-order chi connectivity index (χ0) is 10.7. The Morgan fingerprint density at radius 2 is 1.62 bits per heavy atom. The maximum atomic E-state index is 4.83. The van der Waals surface area contributed by atoms with Crippen LogP contribution in [0.3, 0.4) is 0 Å². The maximum Gasteiger partial charge on any atom is 0.0175 e. The predicted molar refractivity (Wildman–Crippen MR) is 65.5 cm³/mol. The third kappa shape index (κ3) is 3.53. The molecule has 0 aliphatic heterocycles. The van der Waals surface area contributed by atoms with E-state index in [0.29, 0.717) is 5.92 Å². The van der Waals surface area contributed by atoms with Gasteiger partial charge in [0.25, 0.3) is 0 Å². The van der Waals surface area contributed by atoms with E-state index in [2.05, 4.69) is 41.5 Å². The average molecular weight is 202 g/mol. The lowest BCUT2D eigenvalue weighted by Gasteiger charge is -2.43. The Morgan fingerprint density at radius 3 is 1.92 bits per heavy atom. The summed E-state index contributed by atoms with van der Waals surface area (Å²) in [5.41, 5.74) is 0.281. The molecule has 0 aromatic carbocycles. The molecule has 1 heteroatoms. The Bertz CT molecular complexity index is 142. The van der Waals surface area contributed by atoms with Crippen LogP contribution in [0.2, 0.25) is 0 Å². The summed E-state index contributed by atoms with van der Waals surface area (Å²) in [6.07, 6.45) is 3.92. The number of thiol groups is 1. The van der Waals surface area contributed by atoms with Crippen molar-refractivity contribution in [1.29, 1.82) is 0 Å². The molecule has 0 amide bonds. The van der Waals surface area contributed by atoms with Gasteiger partial charge in [-0.25, -0.2) is 0 Å². The SMILES string of the molecule is CCCCC(C)C(C)(S)C(C)(C)C. The number of unbranched alkanes of at least 4 members (excludes halogenated alkanes) is 1. The Hall–Kier alpha value is 0.350. The zero-order valence-corrected chi connectivity index (χ0v) is 11.0. The Labute approximate surface area is 89.9 Å². The molecule has 2 atom stereocenters. The summed E-state index contributed by atoms with van der Waals surface area (Å²) >= 11 is 4.83. The molecule has 0 spiro atoms. The van der Waals surface area contributed by atoms with Gasteiger partial charge in [-0.05, 0) is 24.7 Å². The topological polar surface area (TPSA) is 0 Å². The van der Waals surface area contributed by atoms with E-state index in [-0.39, 0.29) is 10.2 Å². The third-order valence-electron chi connectivity index (χ3n) is 3.47. The summed E-state index contributed by atoms with van der Waals surface area (Å²) in [4.78, 5) is 0. The van der Waals surface area contributed by atoms with Crippen molar-refractivity contribution in [3.8, 4) is 0 Å². The first-order valence-electron chi connectivity index (χ1n) is 5.45. The Balaban J connectivity index is 4.27. The minimum atomic E-state index is 0.141. The highest BCUT2D eigenvalue weighted by molar-refractivity contribution is 7.81. The van der Waals surface area contributed by atoms with E-state index in [0.717, 1.165) is 0 Å². The molecule has 80 valence electrons. The first-order chi connectivity index (χ1) is 5.73. The molecule has 0 fully saturated rings. The number of rotatable bonds is 4. The fraction of sp³-hybridized carbons (Fsp3) is 1.00. The molecule has 0 N–H and O–H groups in total. The summed E-state index contributed by atoms with van der Waals surface area (Å²) in [5.74, 6) is 0.691. The minimum Gasteiger partial charge on any atom is -0.172 e. The first-order valence-corrected chi connectivity index (χ1v) is 5.90. The molecular formula is C12H26S. The fourth-order valence-electron chi connectivity index (χ4n) is 1.53. The summed E-state index contributed by atoms with van der Waals surface area (Å²) in [5, 5.41) is 0. The summed E-state index contributed by atoms with van der Waals surface area (Å²) in [6.45, 7) is 13.7. The van der Waals surface area contributed by atoms with E-state index in [1.54, 1.807) is 0 Å². The molecule has 0 saturated heterocycles. The lowest BCUT2D eigenvalue weighted by atomic mass is 9.72. The van der Waals surface area contributed by atoms with E-state index in [9.17, 15) is 0 Å². The van der Waals surface area contributed by atoms with Crippen LogP contribution in [0.5, 0.6) is 0 Å². The van der Waals surface area contributed by atoms with Crippen LogP contribution in [0, 0.1) is 11.3 Å². The minimum absolute atomic E-state index is 0.141. The van der Waals surface area contributed by atoms with Crippen LogP contribution in [0.15, 0.2) is 0 Å². The van der Waals surface area contributed by atoms with Crippen molar-refractivity contribution in [3.63, 3.8) is 0 Å². The molecular weight excluding hydrogens is 176 g/mol. The summed E-state index contributed by atoms with van der Waals surface area (Å²) in [6, 6.07) is 0. The fourth-order valence-corrected chi connectivity index (χ4v) is 1.66. The number of hydrogen-bond donors (Lipinski definition) is 1. The number of hydrogen-bond acceptors (Lipinski definition) is 1. The van der Waals surface area contributed by atoms with E-state index in [4.69, 9.17) is 12.6 Å². The molecule has 0 heterocycles. The van der Waals surface area contributed by atoms with Crippen LogP contribution in [0.1, 0.15) is 60.8 Å².